The minimum Gasteiger partial charge on any atom is -0.497 e. The molecule has 0 radical (unpaired) electrons. The van der Waals surface area contributed by atoms with Crippen LogP contribution < -0.4 is 10.3 Å². The van der Waals surface area contributed by atoms with Gasteiger partial charge in [-0.2, -0.15) is 0 Å². The number of benzene rings is 1. The molecule has 5 heteroatoms. The third kappa shape index (κ3) is 3.26. The summed E-state index contributed by atoms with van der Waals surface area (Å²) in [7, 11) is 1.65. The standard InChI is InChI=1S/C21H24N2O3/c1-26-18-8-5-15(6-9-18)7-10-20(24)22-12-16-11-17(14-22)19-3-2-4-21(25)23(19)13-16/h2-6,8-9,16-17H,7,10-14H2,1H3/t16-,17+/m1/s1. The monoisotopic (exact) mass is 352 g/mol. The van der Waals surface area contributed by atoms with Crippen LogP contribution in [0.2, 0.25) is 0 Å². The summed E-state index contributed by atoms with van der Waals surface area (Å²) < 4.78 is 7.07. The van der Waals surface area contributed by atoms with E-state index in [0.717, 1.165) is 49.5 Å². The van der Waals surface area contributed by atoms with Gasteiger partial charge in [0, 0.05) is 43.7 Å². The van der Waals surface area contributed by atoms with Gasteiger partial charge in [0.2, 0.25) is 5.91 Å². The van der Waals surface area contributed by atoms with E-state index in [9.17, 15) is 9.59 Å². The Morgan fingerprint density at radius 3 is 2.69 bits per heavy atom. The summed E-state index contributed by atoms with van der Waals surface area (Å²) in [4.78, 5) is 26.8. The van der Waals surface area contributed by atoms with E-state index in [0.29, 0.717) is 12.3 Å². The summed E-state index contributed by atoms with van der Waals surface area (Å²) in [6, 6.07) is 13.4. The average molecular weight is 352 g/mol. The lowest BCUT2D eigenvalue weighted by molar-refractivity contribution is -0.133. The summed E-state index contributed by atoms with van der Waals surface area (Å²) in [5.74, 6) is 1.70. The zero-order valence-electron chi connectivity index (χ0n) is 15.1. The van der Waals surface area contributed by atoms with Crippen LogP contribution in [-0.2, 0) is 17.8 Å². The first kappa shape index (κ1) is 16.9. The molecule has 2 bridgehead atoms. The Labute approximate surface area is 153 Å². The Morgan fingerprint density at radius 2 is 1.92 bits per heavy atom. The largest absolute Gasteiger partial charge is 0.497 e. The van der Waals surface area contributed by atoms with E-state index < -0.39 is 0 Å². The number of hydrogen-bond donors (Lipinski definition) is 0. The minimum absolute atomic E-state index is 0.0801. The zero-order valence-corrected chi connectivity index (χ0v) is 15.1. The van der Waals surface area contributed by atoms with Crippen molar-refractivity contribution in [1.29, 1.82) is 0 Å². The van der Waals surface area contributed by atoms with Crippen molar-refractivity contribution in [3.63, 3.8) is 0 Å². The normalized spacial score (nSPS) is 21.2. The van der Waals surface area contributed by atoms with Crippen molar-refractivity contribution in [1.82, 2.24) is 9.47 Å². The van der Waals surface area contributed by atoms with Gasteiger partial charge >= 0.3 is 0 Å². The molecular formula is C21H24N2O3. The Balaban J connectivity index is 1.41. The highest BCUT2D eigenvalue weighted by atomic mass is 16.5. The number of methoxy groups -OCH3 is 1. The van der Waals surface area contributed by atoms with Gasteiger partial charge in [0.25, 0.3) is 5.56 Å². The molecule has 1 aromatic heterocycles. The Kier molecular flexibility index (Phi) is 4.53. The summed E-state index contributed by atoms with van der Waals surface area (Å²) in [5, 5.41) is 0. The maximum absolute atomic E-state index is 12.7. The molecule has 1 aromatic carbocycles. The van der Waals surface area contributed by atoms with Gasteiger partial charge < -0.3 is 14.2 Å². The number of rotatable bonds is 4. The summed E-state index contributed by atoms with van der Waals surface area (Å²) >= 11 is 0. The summed E-state index contributed by atoms with van der Waals surface area (Å²) in [6.07, 6.45) is 2.34. The smallest absolute Gasteiger partial charge is 0.250 e. The summed E-state index contributed by atoms with van der Waals surface area (Å²) in [6.45, 7) is 2.22. The molecule has 1 saturated heterocycles. The molecule has 2 atom stereocenters. The van der Waals surface area contributed by atoms with Crippen LogP contribution in [0.4, 0.5) is 0 Å². The lowest BCUT2D eigenvalue weighted by Crippen LogP contribution is -2.49. The lowest BCUT2D eigenvalue weighted by atomic mass is 9.83. The lowest BCUT2D eigenvalue weighted by Gasteiger charge is -2.42. The third-order valence-corrected chi connectivity index (χ3v) is 5.62. The highest BCUT2D eigenvalue weighted by Crippen LogP contribution is 2.35. The number of carbonyl (C=O) groups is 1. The number of carbonyl (C=O) groups excluding carboxylic acids is 1. The predicted molar refractivity (Wildman–Crippen MR) is 99.4 cm³/mol. The number of amides is 1. The van der Waals surface area contributed by atoms with E-state index in [-0.39, 0.29) is 17.4 Å². The van der Waals surface area contributed by atoms with Gasteiger partial charge in [-0.25, -0.2) is 0 Å². The predicted octanol–water partition coefficient (Wildman–Crippen LogP) is 2.44. The zero-order chi connectivity index (χ0) is 18.1. The molecule has 3 heterocycles. The second-order valence-electron chi connectivity index (χ2n) is 7.34. The molecule has 0 unspecified atom stereocenters. The molecule has 0 aliphatic carbocycles. The van der Waals surface area contributed by atoms with Crippen molar-refractivity contribution in [2.45, 2.75) is 31.7 Å². The van der Waals surface area contributed by atoms with Crippen molar-refractivity contribution in [2.24, 2.45) is 5.92 Å². The van der Waals surface area contributed by atoms with Gasteiger partial charge in [-0.05, 0) is 42.5 Å². The van der Waals surface area contributed by atoms with Crippen molar-refractivity contribution < 1.29 is 9.53 Å². The fourth-order valence-electron chi connectivity index (χ4n) is 4.30. The van der Waals surface area contributed by atoms with E-state index in [1.807, 2.05) is 45.9 Å². The highest BCUT2D eigenvalue weighted by Gasteiger charge is 2.35. The number of nitrogens with zero attached hydrogens (tertiary/aromatic N) is 2. The van der Waals surface area contributed by atoms with Gasteiger partial charge in [0.05, 0.1) is 7.11 Å². The quantitative estimate of drug-likeness (QED) is 0.849. The molecule has 2 aliphatic rings. The Hall–Kier alpha value is -2.56. The first-order valence-electron chi connectivity index (χ1n) is 9.24. The van der Waals surface area contributed by atoms with Crippen LogP contribution in [0, 0.1) is 5.92 Å². The molecule has 0 N–H and O–H groups in total. The van der Waals surface area contributed by atoms with E-state index >= 15 is 0 Å². The molecule has 26 heavy (non-hydrogen) atoms. The Bertz CT molecular complexity index is 856. The van der Waals surface area contributed by atoms with Gasteiger partial charge in [-0.15, -0.1) is 0 Å². The van der Waals surface area contributed by atoms with Crippen LogP contribution in [0.3, 0.4) is 0 Å². The minimum atomic E-state index is 0.0801. The van der Waals surface area contributed by atoms with Crippen molar-refractivity contribution >= 4 is 5.91 Å². The average Bonchev–Trinajstić information content (AvgIpc) is 2.67. The van der Waals surface area contributed by atoms with Crippen LogP contribution in [0.5, 0.6) is 5.75 Å². The van der Waals surface area contributed by atoms with Gasteiger partial charge in [0.1, 0.15) is 5.75 Å². The maximum Gasteiger partial charge on any atom is 0.250 e. The number of hydrogen-bond acceptors (Lipinski definition) is 3. The summed E-state index contributed by atoms with van der Waals surface area (Å²) in [5.41, 5.74) is 2.31. The molecule has 0 spiro atoms. The van der Waals surface area contributed by atoms with Crippen molar-refractivity contribution in [3.8, 4) is 5.75 Å². The first-order chi connectivity index (χ1) is 12.6. The molecule has 2 aromatic rings. The number of likely N-dealkylation sites (tertiary alicyclic amines) is 1. The number of aromatic nitrogens is 1. The number of ether oxygens (including phenoxy) is 1. The molecule has 1 fully saturated rings. The molecule has 0 saturated carbocycles. The molecule has 1 amide bonds. The van der Waals surface area contributed by atoms with E-state index in [1.165, 1.54) is 0 Å². The van der Waals surface area contributed by atoms with Crippen molar-refractivity contribution in [3.05, 3.63) is 64.1 Å². The van der Waals surface area contributed by atoms with Crippen LogP contribution in [0.25, 0.3) is 0 Å². The van der Waals surface area contributed by atoms with Crippen LogP contribution in [0.15, 0.2) is 47.3 Å². The number of pyridine rings is 1. The Morgan fingerprint density at radius 1 is 1.12 bits per heavy atom. The molecular weight excluding hydrogens is 328 g/mol. The van der Waals surface area contributed by atoms with Crippen molar-refractivity contribution in [2.75, 3.05) is 20.2 Å². The van der Waals surface area contributed by atoms with Crippen LogP contribution >= 0.6 is 0 Å². The molecule has 5 nitrogen and oxygen atoms in total. The fraction of sp³-hybridized carbons (Fsp3) is 0.429. The highest BCUT2D eigenvalue weighted by molar-refractivity contribution is 5.76. The second kappa shape index (κ2) is 6.98. The number of fused-ring (bicyclic) bond motifs is 4. The molecule has 136 valence electrons. The first-order valence-corrected chi connectivity index (χ1v) is 9.24. The third-order valence-electron chi connectivity index (χ3n) is 5.62. The maximum atomic E-state index is 12.7. The fourth-order valence-corrected chi connectivity index (χ4v) is 4.30. The molecule has 2 aliphatic heterocycles. The van der Waals surface area contributed by atoms with E-state index in [4.69, 9.17) is 4.74 Å². The SMILES string of the molecule is COc1ccc(CCC(=O)N2C[C@H]3C[C@@H](C2)c2cccc(=O)n2C3)cc1. The number of aryl methyl sites for hydroxylation is 1. The van der Waals surface area contributed by atoms with Crippen LogP contribution in [0.1, 0.15) is 30.0 Å². The van der Waals surface area contributed by atoms with E-state index in [2.05, 4.69) is 0 Å². The number of piperidine rings is 1. The topological polar surface area (TPSA) is 51.5 Å². The molecule has 4 rings (SSSR count). The van der Waals surface area contributed by atoms with Gasteiger partial charge in [-0.3, -0.25) is 9.59 Å². The van der Waals surface area contributed by atoms with E-state index in [1.54, 1.807) is 13.2 Å². The van der Waals surface area contributed by atoms with Gasteiger partial charge in [-0.1, -0.05) is 18.2 Å². The second-order valence-corrected chi connectivity index (χ2v) is 7.34. The van der Waals surface area contributed by atoms with Crippen LogP contribution in [-0.4, -0.2) is 35.6 Å². The van der Waals surface area contributed by atoms with Gasteiger partial charge in [0.15, 0.2) is 0 Å².